The fourth-order valence-corrected chi connectivity index (χ4v) is 2.72. The van der Waals surface area contributed by atoms with Gasteiger partial charge in [-0.1, -0.05) is 6.07 Å². The molecular formula is C17H26N2O3. The van der Waals surface area contributed by atoms with E-state index < -0.39 is 0 Å². The quantitative estimate of drug-likeness (QED) is 0.785. The molecule has 0 radical (unpaired) electrons. The van der Waals surface area contributed by atoms with Gasteiger partial charge in [0.1, 0.15) is 0 Å². The highest BCUT2D eigenvalue weighted by Crippen LogP contribution is 2.27. The fourth-order valence-electron chi connectivity index (χ4n) is 2.72. The lowest BCUT2D eigenvalue weighted by atomic mass is 10.1. The van der Waals surface area contributed by atoms with E-state index in [0.29, 0.717) is 19.5 Å². The largest absolute Gasteiger partial charge is 0.493 e. The van der Waals surface area contributed by atoms with Crippen LogP contribution in [0.25, 0.3) is 0 Å². The zero-order chi connectivity index (χ0) is 15.8. The van der Waals surface area contributed by atoms with Crippen LogP contribution in [0.5, 0.6) is 11.5 Å². The van der Waals surface area contributed by atoms with Gasteiger partial charge in [-0.15, -0.1) is 0 Å². The van der Waals surface area contributed by atoms with E-state index in [9.17, 15) is 4.79 Å². The molecule has 1 amide bonds. The van der Waals surface area contributed by atoms with E-state index in [2.05, 4.69) is 5.32 Å². The Morgan fingerprint density at radius 2 is 1.86 bits per heavy atom. The topological polar surface area (TPSA) is 50.8 Å². The summed E-state index contributed by atoms with van der Waals surface area (Å²) in [7, 11) is 3.26. The van der Waals surface area contributed by atoms with Gasteiger partial charge < -0.3 is 19.7 Å². The van der Waals surface area contributed by atoms with Gasteiger partial charge in [-0.2, -0.15) is 0 Å². The second kappa shape index (κ2) is 8.63. The Balaban J connectivity index is 1.73. The molecule has 1 aromatic carbocycles. The molecule has 2 rings (SSSR count). The molecule has 1 aliphatic rings. The molecule has 0 aliphatic carbocycles. The first-order valence-corrected chi connectivity index (χ1v) is 7.94. The predicted molar refractivity (Wildman–Crippen MR) is 86.3 cm³/mol. The van der Waals surface area contributed by atoms with Crippen molar-refractivity contribution in [2.24, 2.45) is 0 Å². The van der Waals surface area contributed by atoms with Crippen molar-refractivity contribution in [2.75, 3.05) is 33.9 Å². The predicted octanol–water partition coefficient (Wildman–Crippen LogP) is 2.20. The van der Waals surface area contributed by atoms with Crippen LogP contribution in [0.15, 0.2) is 18.2 Å². The van der Waals surface area contributed by atoms with Gasteiger partial charge in [0.2, 0.25) is 5.91 Å². The van der Waals surface area contributed by atoms with Crippen LogP contribution in [-0.2, 0) is 11.3 Å². The van der Waals surface area contributed by atoms with Gasteiger partial charge in [-0.25, -0.2) is 0 Å². The third-order valence-electron chi connectivity index (χ3n) is 4.00. The highest BCUT2D eigenvalue weighted by atomic mass is 16.5. The van der Waals surface area contributed by atoms with Gasteiger partial charge in [0.05, 0.1) is 14.2 Å². The van der Waals surface area contributed by atoms with Crippen LogP contribution in [0.4, 0.5) is 0 Å². The number of rotatable bonds is 7. The zero-order valence-electron chi connectivity index (χ0n) is 13.6. The zero-order valence-corrected chi connectivity index (χ0v) is 13.6. The smallest absolute Gasteiger partial charge is 0.223 e. The lowest BCUT2D eigenvalue weighted by Gasteiger charge is -2.26. The number of hydrogen-bond donors (Lipinski definition) is 1. The fraction of sp³-hybridized carbons (Fsp3) is 0.588. The van der Waals surface area contributed by atoms with Gasteiger partial charge in [-0.3, -0.25) is 4.79 Å². The Morgan fingerprint density at radius 1 is 1.14 bits per heavy atom. The van der Waals surface area contributed by atoms with Crippen LogP contribution in [0.1, 0.15) is 31.2 Å². The van der Waals surface area contributed by atoms with Crippen LogP contribution in [0, 0.1) is 0 Å². The van der Waals surface area contributed by atoms with Crippen molar-refractivity contribution >= 4 is 5.91 Å². The summed E-state index contributed by atoms with van der Waals surface area (Å²) in [5.41, 5.74) is 1.11. The van der Waals surface area contributed by atoms with E-state index in [-0.39, 0.29) is 5.91 Å². The number of benzene rings is 1. The van der Waals surface area contributed by atoms with Crippen LogP contribution in [0.3, 0.4) is 0 Å². The lowest BCUT2D eigenvalue weighted by Crippen LogP contribution is -2.37. The summed E-state index contributed by atoms with van der Waals surface area (Å²) >= 11 is 0. The molecule has 22 heavy (non-hydrogen) atoms. The highest BCUT2D eigenvalue weighted by molar-refractivity contribution is 5.76. The van der Waals surface area contributed by atoms with Crippen molar-refractivity contribution in [2.45, 2.75) is 32.2 Å². The number of hydrogen-bond acceptors (Lipinski definition) is 4. The maximum Gasteiger partial charge on any atom is 0.223 e. The van der Waals surface area contributed by atoms with Crippen LogP contribution in [-0.4, -0.2) is 44.7 Å². The molecule has 0 atom stereocenters. The first kappa shape index (κ1) is 16.6. The van der Waals surface area contributed by atoms with Crippen molar-refractivity contribution in [3.05, 3.63) is 23.8 Å². The summed E-state index contributed by atoms with van der Waals surface area (Å²) in [6, 6.07) is 5.85. The molecule has 122 valence electrons. The minimum absolute atomic E-state index is 0.263. The van der Waals surface area contributed by atoms with E-state index in [1.165, 1.54) is 6.42 Å². The number of nitrogens with one attached hydrogen (secondary N) is 1. The van der Waals surface area contributed by atoms with Crippen LogP contribution in [0.2, 0.25) is 0 Å². The first-order chi connectivity index (χ1) is 10.7. The Labute approximate surface area is 132 Å². The molecule has 5 heteroatoms. The number of methoxy groups -OCH3 is 2. The van der Waals surface area contributed by atoms with Crippen molar-refractivity contribution in [1.82, 2.24) is 10.2 Å². The molecule has 1 saturated heterocycles. The van der Waals surface area contributed by atoms with E-state index in [1.807, 2.05) is 23.1 Å². The SMILES string of the molecule is COc1ccc(CNCCC(=O)N2CCCCC2)cc1OC. The summed E-state index contributed by atoms with van der Waals surface area (Å²) < 4.78 is 10.5. The molecule has 1 N–H and O–H groups in total. The summed E-state index contributed by atoms with van der Waals surface area (Å²) in [5.74, 6) is 1.72. The number of nitrogens with zero attached hydrogens (tertiary/aromatic N) is 1. The van der Waals surface area contributed by atoms with Gasteiger partial charge >= 0.3 is 0 Å². The number of piperidine rings is 1. The normalized spacial score (nSPS) is 14.7. The van der Waals surface area contributed by atoms with Crippen molar-refractivity contribution < 1.29 is 14.3 Å². The summed E-state index contributed by atoms with van der Waals surface area (Å²) in [5, 5.41) is 3.32. The van der Waals surface area contributed by atoms with E-state index in [4.69, 9.17) is 9.47 Å². The van der Waals surface area contributed by atoms with Crippen LogP contribution >= 0.6 is 0 Å². The molecule has 5 nitrogen and oxygen atoms in total. The first-order valence-electron chi connectivity index (χ1n) is 7.94. The lowest BCUT2D eigenvalue weighted by molar-refractivity contribution is -0.131. The van der Waals surface area contributed by atoms with Gasteiger partial charge in [0.25, 0.3) is 0 Å². The Hall–Kier alpha value is -1.75. The maximum absolute atomic E-state index is 12.0. The average Bonchev–Trinajstić information content (AvgIpc) is 2.59. The molecule has 1 heterocycles. The number of carbonyl (C=O) groups is 1. The Bertz CT molecular complexity index is 485. The molecule has 0 unspecified atom stereocenters. The monoisotopic (exact) mass is 306 g/mol. The number of amides is 1. The molecule has 1 fully saturated rings. The van der Waals surface area contributed by atoms with E-state index >= 15 is 0 Å². The maximum atomic E-state index is 12.0. The Kier molecular flexibility index (Phi) is 6.52. The highest BCUT2D eigenvalue weighted by Gasteiger charge is 2.15. The second-order valence-corrected chi connectivity index (χ2v) is 5.56. The van der Waals surface area contributed by atoms with Crippen molar-refractivity contribution in [3.63, 3.8) is 0 Å². The molecule has 1 aromatic rings. The van der Waals surface area contributed by atoms with Crippen molar-refractivity contribution in [1.29, 1.82) is 0 Å². The van der Waals surface area contributed by atoms with Crippen LogP contribution < -0.4 is 14.8 Å². The van der Waals surface area contributed by atoms with E-state index in [1.54, 1.807) is 14.2 Å². The summed E-state index contributed by atoms with van der Waals surface area (Å²) in [6.07, 6.45) is 4.10. The van der Waals surface area contributed by atoms with E-state index in [0.717, 1.165) is 43.0 Å². The second-order valence-electron chi connectivity index (χ2n) is 5.56. The molecule has 0 spiro atoms. The molecule has 1 aliphatic heterocycles. The number of carbonyl (C=O) groups excluding carboxylic acids is 1. The number of ether oxygens (including phenoxy) is 2. The third-order valence-corrected chi connectivity index (χ3v) is 4.00. The third kappa shape index (κ3) is 4.63. The standard InChI is InChI=1S/C17H26N2O3/c1-21-15-7-6-14(12-16(15)22-2)13-18-9-8-17(20)19-10-4-3-5-11-19/h6-7,12,18H,3-5,8-11,13H2,1-2H3. The summed E-state index contributed by atoms with van der Waals surface area (Å²) in [4.78, 5) is 14.0. The minimum Gasteiger partial charge on any atom is -0.493 e. The van der Waals surface area contributed by atoms with Crippen molar-refractivity contribution in [3.8, 4) is 11.5 Å². The molecular weight excluding hydrogens is 280 g/mol. The average molecular weight is 306 g/mol. The van der Waals surface area contributed by atoms with Gasteiger partial charge in [0, 0.05) is 32.6 Å². The molecule has 0 aromatic heterocycles. The summed E-state index contributed by atoms with van der Waals surface area (Å²) in [6.45, 7) is 3.26. The minimum atomic E-state index is 0.263. The number of likely N-dealkylation sites (tertiary alicyclic amines) is 1. The Morgan fingerprint density at radius 3 is 2.55 bits per heavy atom. The van der Waals surface area contributed by atoms with Gasteiger partial charge in [-0.05, 0) is 37.0 Å². The van der Waals surface area contributed by atoms with Gasteiger partial charge in [0.15, 0.2) is 11.5 Å². The molecule has 0 saturated carbocycles. The molecule has 0 bridgehead atoms.